The Kier molecular flexibility index (Phi) is 1.65. The second kappa shape index (κ2) is 2.46. The van der Waals surface area contributed by atoms with Crippen molar-refractivity contribution in [3.05, 3.63) is 23.9 Å². The molecule has 47 valence electrons. The fourth-order valence-electron chi connectivity index (χ4n) is 0.577. The van der Waals surface area contributed by atoms with Crippen LogP contribution in [0.5, 0.6) is 5.88 Å². The van der Waals surface area contributed by atoms with Gasteiger partial charge in [0.05, 0.1) is 0 Å². The van der Waals surface area contributed by atoms with Crippen molar-refractivity contribution in [2.75, 3.05) is 0 Å². The van der Waals surface area contributed by atoms with Gasteiger partial charge in [-0.2, -0.15) is 0 Å². The van der Waals surface area contributed by atoms with E-state index >= 15 is 0 Å². The highest BCUT2D eigenvalue weighted by Gasteiger charge is 1.91. The first-order valence-electron chi connectivity index (χ1n) is 2.65. The van der Waals surface area contributed by atoms with Crippen molar-refractivity contribution in [1.82, 2.24) is 4.98 Å². The van der Waals surface area contributed by atoms with Crippen molar-refractivity contribution < 1.29 is 5.11 Å². The smallest absolute Gasteiger partial charge is 0.269 e. The molecule has 1 heterocycles. The van der Waals surface area contributed by atoms with Gasteiger partial charge in [-0.15, -0.1) is 0 Å². The van der Waals surface area contributed by atoms with E-state index in [1.54, 1.807) is 6.07 Å². The predicted octanol–water partition coefficient (Wildman–Crippen LogP) is 0.684. The van der Waals surface area contributed by atoms with E-state index in [1.165, 1.54) is 12.3 Å². The van der Waals surface area contributed by atoms with Crippen molar-refractivity contribution in [2.24, 2.45) is 5.73 Å². The SMILES string of the molecule is NCc1ccnc([O])c1. The van der Waals surface area contributed by atoms with Crippen LogP contribution in [0.1, 0.15) is 5.56 Å². The molecule has 0 unspecified atom stereocenters. The van der Waals surface area contributed by atoms with E-state index in [0.717, 1.165) is 5.56 Å². The van der Waals surface area contributed by atoms with Crippen molar-refractivity contribution in [3.8, 4) is 5.88 Å². The summed E-state index contributed by atoms with van der Waals surface area (Å²) >= 11 is 0. The molecule has 0 aliphatic heterocycles. The molecule has 1 aromatic rings. The monoisotopic (exact) mass is 123 g/mol. The summed E-state index contributed by atoms with van der Waals surface area (Å²) in [5.74, 6) is -0.224. The number of nitrogens with two attached hydrogens (primary N) is 1. The minimum atomic E-state index is -0.224. The third-order valence-corrected chi connectivity index (χ3v) is 1.03. The molecule has 9 heavy (non-hydrogen) atoms. The van der Waals surface area contributed by atoms with Crippen LogP contribution in [0.4, 0.5) is 0 Å². The van der Waals surface area contributed by atoms with Crippen LogP contribution in [0.3, 0.4) is 0 Å². The Labute approximate surface area is 53.2 Å². The van der Waals surface area contributed by atoms with Crippen molar-refractivity contribution in [1.29, 1.82) is 0 Å². The zero-order chi connectivity index (χ0) is 6.69. The molecule has 2 N–H and O–H groups in total. The molecule has 0 saturated carbocycles. The molecule has 0 saturated heterocycles. The maximum absolute atomic E-state index is 10.5. The quantitative estimate of drug-likeness (QED) is 0.597. The molecule has 0 fully saturated rings. The number of pyridine rings is 1. The minimum Gasteiger partial charge on any atom is -0.326 e. The minimum absolute atomic E-state index is 0.224. The first-order chi connectivity index (χ1) is 4.33. The van der Waals surface area contributed by atoms with Gasteiger partial charge < -0.3 is 5.73 Å². The van der Waals surface area contributed by atoms with Crippen LogP contribution >= 0.6 is 0 Å². The van der Waals surface area contributed by atoms with Crippen LogP contribution in [0, 0.1) is 0 Å². The summed E-state index contributed by atoms with van der Waals surface area (Å²) in [5, 5.41) is 10.5. The molecule has 3 nitrogen and oxygen atoms in total. The molecular weight excluding hydrogens is 116 g/mol. The number of rotatable bonds is 1. The lowest BCUT2D eigenvalue weighted by atomic mass is 10.3. The number of nitrogens with zero attached hydrogens (tertiary/aromatic N) is 1. The molecule has 1 rings (SSSR count). The average molecular weight is 123 g/mol. The molecule has 1 radical (unpaired) electrons. The molecule has 1 aromatic heterocycles. The van der Waals surface area contributed by atoms with Gasteiger partial charge in [0.1, 0.15) is 0 Å². The normalized spacial score (nSPS) is 9.44. The highest BCUT2D eigenvalue weighted by atomic mass is 16.3. The zero-order valence-corrected chi connectivity index (χ0v) is 4.87. The van der Waals surface area contributed by atoms with Crippen molar-refractivity contribution in [3.63, 3.8) is 0 Å². The van der Waals surface area contributed by atoms with Gasteiger partial charge in [-0.1, -0.05) is 0 Å². The van der Waals surface area contributed by atoms with E-state index in [-0.39, 0.29) is 5.88 Å². The fourth-order valence-corrected chi connectivity index (χ4v) is 0.577. The lowest BCUT2D eigenvalue weighted by Crippen LogP contribution is -1.95. The van der Waals surface area contributed by atoms with E-state index < -0.39 is 0 Å². The molecule has 0 aromatic carbocycles. The van der Waals surface area contributed by atoms with Gasteiger partial charge >= 0.3 is 0 Å². The molecule has 0 aliphatic rings. The van der Waals surface area contributed by atoms with Gasteiger partial charge in [-0.25, -0.2) is 4.98 Å². The van der Waals surface area contributed by atoms with Gasteiger partial charge in [-0.3, -0.25) is 5.11 Å². The third-order valence-electron chi connectivity index (χ3n) is 1.03. The zero-order valence-electron chi connectivity index (χ0n) is 4.87. The summed E-state index contributed by atoms with van der Waals surface area (Å²) in [4.78, 5) is 3.48. The third kappa shape index (κ3) is 1.40. The lowest BCUT2D eigenvalue weighted by molar-refractivity contribution is 0.337. The Morgan fingerprint density at radius 3 is 2.89 bits per heavy atom. The highest BCUT2D eigenvalue weighted by molar-refractivity contribution is 5.18. The molecule has 0 atom stereocenters. The largest absolute Gasteiger partial charge is 0.326 e. The van der Waals surface area contributed by atoms with E-state index in [0.29, 0.717) is 6.54 Å². The summed E-state index contributed by atoms with van der Waals surface area (Å²) in [6, 6.07) is 3.15. The fraction of sp³-hybridized carbons (Fsp3) is 0.167. The first kappa shape index (κ1) is 6.04. The Bertz CT molecular complexity index is 200. The summed E-state index contributed by atoms with van der Waals surface area (Å²) in [6.07, 6.45) is 1.46. The van der Waals surface area contributed by atoms with Gasteiger partial charge in [0.2, 0.25) is 0 Å². The lowest BCUT2D eigenvalue weighted by Gasteiger charge is -1.91. The van der Waals surface area contributed by atoms with Gasteiger partial charge in [-0.05, 0) is 11.6 Å². The molecule has 0 aliphatic carbocycles. The van der Waals surface area contributed by atoms with E-state index in [1.807, 2.05) is 0 Å². The Morgan fingerprint density at radius 1 is 1.67 bits per heavy atom. The van der Waals surface area contributed by atoms with E-state index in [9.17, 15) is 5.11 Å². The second-order valence-electron chi connectivity index (χ2n) is 1.71. The summed E-state index contributed by atoms with van der Waals surface area (Å²) in [6.45, 7) is 0.401. The molecular formula is C6H7N2O. The number of aromatic nitrogens is 1. The Morgan fingerprint density at radius 2 is 2.44 bits per heavy atom. The van der Waals surface area contributed by atoms with Gasteiger partial charge in [0.15, 0.2) is 0 Å². The van der Waals surface area contributed by atoms with Crippen LogP contribution in [-0.2, 0) is 11.7 Å². The van der Waals surface area contributed by atoms with Crippen LogP contribution < -0.4 is 5.73 Å². The molecule has 0 bridgehead atoms. The summed E-state index contributed by atoms with van der Waals surface area (Å²) in [5.41, 5.74) is 6.08. The maximum atomic E-state index is 10.5. The Hall–Kier alpha value is -1.09. The predicted molar refractivity (Wildman–Crippen MR) is 32.3 cm³/mol. The van der Waals surface area contributed by atoms with Crippen LogP contribution in [-0.4, -0.2) is 4.98 Å². The van der Waals surface area contributed by atoms with E-state index in [4.69, 9.17) is 5.73 Å². The maximum Gasteiger partial charge on any atom is 0.269 e. The first-order valence-corrected chi connectivity index (χ1v) is 2.65. The summed E-state index contributed by atoms with van der Waals surface area (Å²) < 4.78 is 0. The highest BCUT2D eigenvalue weighted by Crippen LogP contribution is 2.05. The average Bonchev–Trinajstić information content (AvgIpc) is 1.88. The number of hydrogen-bond donors (Lipinski definition) is 1. The molecule has 0 amide bonds. The van der Waals surface area contributed by atoms with Crippen LogP contribution in [0.15, 0.2) is 18.3 Å². The van der Waals surface area contributed by atoms with E-state index in [2.05, 4.69) is 4.98 Å². The van der Waals surface area contributed by atoms with Gasteiger partial charge in [0, 0.05) is 18.8 Å². The standard InChI is InChI=1S/C6H7N2O/c7-4-5-1-2-8-6(9)3-5/h1-3H,4,7H2. The second-order valence-corrected chi connectivity index (χ2v) is 1.71. The van der Waals surface area contributed by atoms with Crippen LogP contribution in [0.2, 0.25) is 0 Å². The summed E-state index contributed by atoms with van der Waals surface area (Å²) in [7, 11) is 0. The molecule has 0 spiro atoms. The van der Waals surface area contributed by atoms with Gasteiger partial charge in [0.25, 0.3) is 5.88 Å². The topological polar surface area (TPSA) is 58.8 Å². The van der Waals surface area contributed by atoms with Crippen molar-refractivity contribution >= 4 is 0 Å². The van der Waals surface area contributed by atoms with Crippen molar-refractivity contribution in [2.45, 2.75) is 6.54 Å². The Balaban J connectivity index is 2.94. The van der Waals surface area contributed by atoms with Crippen LogP contribution in [0.25, 0.3) is 0 Å². The molecule has 3 heteroatoms. The number of hydrogen-bond acceptors (Lipinski definition) is 2.